The summed E-state index contributed by atoms with van der Waals surface area (Å²) >= 11 is 0. The minimum absolute atomic E-state index is 0.0220. The van der Waals surface area contributed by atoms with E-state index in [1.54, 1.807) is 0 Å². The third kappa shape index (κ3) is 4.75. The first-order chi connectivity index (χ1) is 16.7. The van der Waals surface area contributed by atoms with Gasteiger partial charge in [0.05, 0.1) is 0 Å². The van der Waals surface area contributed by atoms with Crippen LogP contribution in [0.3, 0.4) is 0 Å². The van der Waals surface area contributed by atoms with Gasteiger partial charge in [-0.3, -0.25) is 9.59 Å². The van der Waals surface area contributed by atoms with Gasteiger partial charge in [0.15, 0.2) is 0 Å². The van der Waals surface area contributed by atoms with Gasteiger partial charge in [-0.05, 0) is 52.9 Å². The Morgan fingerprint density at radius 1 is 1.11 bits per heavy atom. The van der Waals surface area contributed by atoms with Crippen molar-refractivity contribution in [3.8, 4) is 0 Å². The summed E-state index contributed by atoms with van der Waals surface area (Å²) in [6.45, 7) is 7.37. The van der Waals surface area contributed by atoms with Gasteiger partial charge >= 0.3 is 6.21 Å². The maximum atomic E-state index is 12.7. The molecule has 35 heavy (non-hydrogen) atoms. The predicted octanol–water partition coefficient (Wildman–Crippen LogP) is 4.59. The molecule has 2 aromatic rings. The topological polar surface area (TPSA) is 79.8 Å². The number of hydrogen-bond donors (Lipinski definition) is 0. The molecule has 0 N–H and O–H groups in total. The molecule has 184 valence electrons. The van der Waals surface area contributed by atoms with E-state index in [1.165, 1.54) is 10.4 Å². The van der Waals surface area contributed by atoms with E-state index in [4.69, 9.17) is 9.96 Å². The van der Waals surface area contributed by atoms with E-state index >= 15 is 0 Å². The van der Waals surface area contributed by atoms with Crippen molar-refractivity contribution < 1.29 is 18.8 Å². The molecule has 5 nitrogen and oxygen atoms in total. The van der Waals surface area contributed by atoms with Gasteiger partial charge < -0.3 is 9.96 Å². The number of fused-ring (bicyclic) bond motifs is 3. The van der Waals surface area contributed by atoms with Crippen LogP contribution in [0, 0.1) is 17.3 Å². The van der Waals surface area contributed by atoms with Crippen LogP contribution in [0.1, 0.15) is 59.3 Å². The molecule has 0 radical (unpaired) electrons. The summed E-state index contributed by atoms with van der Waals surface area (Å²) in [6.07, 6.45) is 5.33. The summed E-state index contributed by atoms with van der Waals surface area (Å²) in [6, 6.07) is 21.2. The monoisotopic (exact) mass is 488 g/mol. The minimum atomic E-state index is -2.61. The number of ketones is 2. The van der Waals surface area contributed by atoms with Crippen molar-refractivity contribution in [2.45, 2.75) is 64.3 Å². The van der Waals surface area contributed by atoms with E-state index in [9.17, 15) is 9.59 Å². The Bertz CT molecular complexity index is 1070. The number of hydrogen-bond acceptors (Lipinski definition) is 3. The smallest absolute Gasteiger partial charge is 0.323 e. The van der Waals surface area contributed by atoms with Gasteiger partial charge in [0.1, 0.15) is 5.78 Å². The maximum absolute atomic E-state index is 12.7. The van der Waals surface area contributed by atoms with E-state index in [-0.39, 0.29) is 33.9 Å². The number of carbonyl (C=O) groups is 2. The standard InChI is InChI=1S/C29H36N2O3Si/c1-28(2,3)35(23-11-6-4-7-12-23,24-13-8-5-9-14-24)34-18-10-16-29-17-15-22(26(32)20-29)19-25(29)27(33)21-31-30/h4-9,11-14,21-22,25H,10,15-20H2,1-3H3. The van der Waals surface area contributed by atoms with Crippen molar-refractivity contribution in [3.63, 3.8) is 0 Å². The average Bonchev–Trinajstić information content (AvgIpc) is 2.85. The van der Waals surface area contributed by atoms with Gasteiger partial charge in [0.2, 0.25) is 5.78 Å². The number of benzene rings is 2. The van der Waals surface area contributed by atoms with Crippen LogP contribution in [0.2, 0.25) is 5.04 Å². The SMILES string of the molecule is CC(C)(C)[Si](OCCCC12CCC(CC1C(=O)C=[N+]=[N-])C(=O)C2)(c1ccccc1)c1ccccc1. The van der Waals surface area contributed by atoms with Crippen molar-refractivity contribution in [2.24, 2.45) is 17.3 Å². The highest BCUT2D eigenvalue weighted by molar-refractivity contribution is 6.99. The highest BCUT2D eigenvalue weighted by atomic mass is 28.4. The molecule has 3 fully saturated rings. The van der Waals surface area contributed by atoms with E-state index in [2.05, 4.69) is 74.1 Å². The second kappa shape index (κ2) is 10.1. The van der Waals surface area contributed by atoms with E-state index in [0.29, 0.717) is 19.4 Å². The summed E-state index contributed by atoms with van der Waals surface area (Å²) < 4.78 is 7.03. The third-order valence-corrected chi connectivity index (χ3v) is 13.4. The van der Waals surface area contributed by atoms with Crippen LogP contribution in [0.15, 0.2) is 60.7 Å². The van der Waals surface area contributed by atoms with Crippen LogP contribution in [0.4, 0.5) is 0 Å². The largest absolute Gasteiger partial charge is 0.407 e. The highest BCUT2D eigenvalue weighted by Gasteiger charge is 2.54. The zero-order valence-electron chi connectivity index (χ0n) is 21.1. The zero-order valence-corrected chi connectivity index (χ0v) is 22.1. The van der Waals surface area contributed by atoms with Crippen LogP contribution in [-0.2, 0) is 14.0 Å². The molecule has 3 saturated carbocycles. The average molecular weight is 489 g/mol. The van der Waals surface area contributed by atoms with Crippen LogP contribution in [0.5, 0.6) is 0 Å². The predicted molar refractivity (Wildman–Crippen MR) is 140 cm³/mol. The molecule has 2 bridgehead atoms. The molecule has 0 aromatic heterocycles. The minimum Gasteiger partial charge on any atom is -0.407 e. The Morgan fingerprint density at radius 3 is 2.23 bits per heavy atom. The fraction of sp³-hybridized carbons (Fsp3) is 0.483. The molecule has 0 saturated heterocycles. The first-order valence-electron chi connectivity index (χ1n) is 12.7. The van der Waals surface area contributed by atoms with Gasteiger partial charge in [0.25, 0.3) is 8.32 Å². The second-order valence-corrected chi connectivity index (χ2v) is 15.6. The van der Waals surface area contributed by atoms with Gasteiger partial charge in [-0.1, -0.05) is 81.4 Å². The molecule has 3 unspecified atom stereocenters. The Balaban J connectivity index is 1.59. The van der Waals surface area contributed by atoms with Crippen LogP contribution in [0.25, 0.3) is 5.53 Å². The normalized spacial score (nSPS) is 24.1. The van der Waals surface area contributed by atoms with Crippen molar-refractivity contribution >= 4 is 36.5 Å². The van der Waals surface area contributed by atoms with Crippen LogP contribution in [-0.4, -0.2) is 37.5 Å². The number of rotatable bonds is 9. The van der Waals surface area contributed by atoms with Crippen molar-refractivity contribution in [2.75, 3.05) is 6.61 Å². The number of nitrogens with zero attached hydrogens (tertiary/aromatic N) is 2. The molecule has 3 aliphatic rings. The molecule has 0 heterocycles. The maximum Gasteiger partial charge on any atom is 0.323 e. The molecular formula is C29H36N2O3Si. The fourth-order valence-corrected chi connectivity index (χ4v) is 11.3. The Labute approximate surface area is 209 Å². The third-order valence-electron chi connectivity index (χ3n) is 8.31. The van der Waals surface area contributed by atoms with Crippen molar-refractivity contribution in [3.05, 3.63) is 66.2 Å². The summed E-state index contributed by atoms with van der Waals surface area (Å²) in [5.74, 6) is -0.138. The van der Waals surface area contributed by atoms with Gasteiger partial charge in [0, 0.05) is 24.9 Å². The Kier molecular flexibility index (Phi) is 7.37. The quantitative estimate of drug-likeness (QED) is 0.170. The van der Waals surface area contributed by atoms with Crippen molar-refractivity contribution in [1.82, 2.24) is 0 Å². The van der Waals surface area contributed by atoms with Crippen LogP contribution >= 0.6 is 0 Å². The lowest BCUT2D eigenvalue weighted by Gasteiger charge is -2.50. The zero-order chi connectivity index (χ0) is 25.1. The molecule has 0 aliphatic heterocycles. The van der Waals surface area contributed by atoms with Gasteiger partial charge in [-0.2, -0.15) is 4.79 Å². The molecular weight excluding hydrogens is 452 g/mol. The second-order valence-electron chi connectivity index (χ2n) is 11.3. The fourth-order valence-electron chi connectivity index (χ4n) is 6.65. The molecule has 2 aromatic carbocycles. The first kappa shape index (κ1) is 25.4. The number of carbonyl (C=O) groups excluding carboxylic acids is 2. The lowest BCUT2D eigenvalue weighted by atomic mass is 9.52. The highest BCUT2D eigenvalue weighted by Crippen LogP contribution is 2.55. The summed E-state index contributed by atoms with van der Waals surface area (Å²) in [4.78, 5) is 28.4. The van der Waals surface area contributed by atoms with E-state index in [1.807, 2.05) is 12.1 Å². The van der Waals surface area contributed by atoms with Crippen molar-refractivity contribution in [1.29, 1.82) is 0 Å². The molecule has 5 rings (SSSR count). The van der Waals surface area contributed by atoms with Crippen LogP contribution < -0.4 is 10.4 Å². The molecule has 3 atom stereocenters. The summed E-state index contributed by atoms with van der Waals surface area (Å²) in [5, 5.41) is 2.40. The van der Waals surface area contributed by atoms with E-state index in [0.717, 1.165) is 31.9 Å². The molecule has 0 amide bonds. The van der Waals surface area contributed by atoms with Gasteiger partial charge in [-0.15, -0.1) is 0 Å². The Morgan fingerprint density at radius 2 is 1.71 bits per heavy atom. The lowest BCUT2D eigenvalue weighted by Crippen LogP contribution is -2.66. The molecule has 6 heteroatoms. The number of Topliss-reactive ketones (excluding diaryl/α,β-unsaturated/α-hetero) is 2. The molecule has 0 spiro atoms. The molecule has 3 aliphatic carbocycles. The Hall–Kier alpha value is -2.66. The summed E-state index contributed by atoms with van der Waals surface area (Å²) in [5.41, 5.74) is 8.59. The lowest BCUT2D eigenvalue weighted by molar-refractivity contribution is -0.145. The first-order valence-corrected chi connectivity index (χ1v) is 14.6. The summed E-state index contributed by atoms with van der Waals surface area (Å²) in [7, 11) is -2.61. The van der Waals surface area contributed by atoms with E-state index < -0.39 is 8.32 Å². The van der Waals surface area contributed by atoms with Gasteiger partial charge in [-0.25, -0.2) is 0 Å².